The molecule has 1 aliphatic heterocycles. The lowest BCUT2D eigenvalue weighted by atomic mass is 10.2. The van der Waals surface area contributed by atoms with Gasteiger partial charge in [0.25, 0.3) is 0 Å². The van der Waals surface area contributed by atoms with Gasteiger partial charge in [-0.15, -0.1) is 0 Å². The fourth-order valence-corrected chi connectivity index (χ4v) is 2.39. The van der Waals surface area contributed by atoms with Gasteiger partial charge in [0.05, 0.1) is 0 Å². The van der Waals surface area contributed by atoms with Crippen molar-refractivity contribution in [2.24, 2.45) is 5.84 Å². The van der Waals surface area contributed by atoms with Crippen LogP contribution in [-0.2, 0) is 36.8 Å². The number of anilines is 1. The maximum Gasteiger partial charge on any atom is 0.373 e. The molecule has 4 heterocycles. The van der Waals surface area contributed by atoms with Gasteiger partial charge in [-0.1, -0.05) is 26.0 Å². The third-order valence-electron chi connectivity index (χ3n) is 4.09. The SMILES string of the molecule is C1CCOC1.CCc1ccc(NN)nc1.CCc1ccc2n[nH]c(=O)n2c1.O=C=O.O=C=O. The van der Waals surface area contributed by atoms with Crippen LogP contribution in [0.2, 0.25) is 0 Å². The highest BCUT2D eigenvalue weighted by Crippen LogP contribution is 2.03. The summed E-state index contributed by atoms with van der Waals surface area (Å²) in [5.74, 6) is 5.83. The third-order valence-corrected chi connectivity index (χ3v) is 4.09. The number of carbonyl (C=O) groups excluding carboxylic acids is 4. The molecule has 3 aromatic heterocycles. The van der Waals surface area contributed by atoms with Crippen LogP contribution < -0.4 is 17.0 Å². The van der Waals surface area contributed by atoms with Crippen molar-refractivity contribution >= 4 is 23.8 Å². The Labute approximate surface area is 190 Å². The van der Waals surface area contributed by atoms with E-state index in [1.807, 2.05) is 37.4 Å². The van der Waals surface area contributed by atoms with E-state index in [0.29, 0.717) is 11.5 Å². The number of H-pyrrole nitrogens is 1. The molecule has 4 rings (SSSR count). The summed E-state index contributed by atoms with van der Waals surface area (Å²) >= 11 is 0. The van der Waals surface area contributed by atoms with Gasteiger partial charge in [-0.05, 0) is 48.9 Å². The minimum atomic E-state index is -0.180. The van der Waals surface area contributed by atoms with Gasteiger partial charge in [-0.2, -0.15) is 24.3 Å². The Morgan fingerprint density at radius 3 is 2.03 bits per heavy atom. The molecule has 12 heteroatoms. The minimum absolute atomic E-state index is 0.180. The summed E-state index contributed by atoms with van der Waals surface area (Å²) in [6.45, 7) is 6.14. The second kappa shape index (κ2) is 18.8. The Bertz CT molecular complexity index is 989. The quantitative estimate of drug-likeness (QED) is 0.379. The molecule has 0 saturated carbocycles. The highest BCUT2D eigenvalue weighted by molar-refractivity contribution is 5.37. The number of hydrogen-bond donors (Lipinski definition) is 3. The van der Waals surface area contributed by atoms with Crippen LogP contribution in [0.25, 0.3) is 5.65 Å². The van der Waals surface area contributed by atoms with Crippen molar-refractivity contribution in [2.45, 2.75) is 39.5 Å². The molecule has 3 aromatic rings. The molecule has 0 bridgehead atoms. The lowest BCUT2D eigenvalue weighted by Crippen LogP contribution is -2.09. The fraction of sp³-hybridized carbons (Fsp3) is 0.381. The normalized spacial score (nSPS) is 10.9. The Balaban J connectivity index is 0.000000437. The average molecular weight is 460 g/mol. The summed E-state index contributed by atoms with van der Waals surface area (Å²) in [5, 5.41) is 6.20. The first-order valence-electron chi connectivity index (χ1n) is 10.0. The highest BCUT2D eigenvalue weighted by Gasteiger charge is 1.98. The maximum absolute atomic E-state index is 11.1. The summed E-state index contributed by atoms with van der Waals surface area (Å²) in [5.41, 5.74) is 5.30. The molecular weight excluding hydrogens is 432 g/mol. The summed E-state index contributed by atoms with van der Waals surface area (Å²) in [4.78, 5) is 47.6. The molecule has 0 spiro atoms. The van der Waals surface area contributed by atoms with E-state index in [9.17, 15) is 4.79 Å². The number of hydrazine groups is 1. The van der Waals surface area contributed by atoms with Gasteiger partial charge in [0.1, 0.15) is 5.82 Å². The van der Waals surface area contributed by atoms with Crippen molar-refractivity contribution in [3.8, 4) is 0 Å². The number of aromatic amines is 1. The second-order valence-corrected chi connectivity index (χ2v) is 6.18. The maximum atomic E-state index is 11.1. The molecule has 33 heavy (non-hydrogen) atoms. The second-order valence-electron chi connectivity index (χ2n) is 6.18. The molecule has 0 radical (unpaired) electrons. The Morgan fingerprint density at radius 2 is 1.61 bits per heavy atom. The number of nitrogen functional groups attached to an aromatic ring is 1. The van der Waals surface area contributed by atoms with Crippen LogP contribution in [0.1, 0.15) is 37.8 Å². The van der Waals surface area contributed by atoms with Crippen LogP contribution in [0.15, 0.2) is 41.5 Å². The molecule has 0 aliphatic carbocycles. The van der Waals surface area contributed by atoms with Crippen molar-refractivity contribution < 1.29 is 23.9 Å². The summed E-state index contributed by atoms with van der Waals surface area (Å²) < 4.78 is 6.46. The lowest BCUT2D eigenvalue weighted by molar-refractivity contribution is -0.193. The van der Waals surface area contributed by atoms with E-state index in [0.717, 1.165) is 31.6 Å². The number of ether oxygens (including phenoxy) is 1. The largest absolute Gasteiger partial charge is 0.381 e. The van der Waals surface area contributed by atoms with Crippen molar-refractivity contribution in [2.75, 3.05) is 18.6 Å². The topological polar surface area (TPSA) is 179 Å². The molecule has 1 fully saturated rings. The number of nitrogens with one attached hydrogen (secondary N) is 2. The molecule has 1 saturated heterocycles. The van der Waals surface area contributed by atoms with Gasteiger partial charge in [0.2, 0.25) is 0 Å². The molecular formula is C21H28N6O6. The van der Waals surface area contributed by atoms with Gasteiger partial charge >= 0.3 is 18.0 Å². The van der Waals surface area contributed by atoms with Crippen LogP contribution in [0, 0.1) is 0 Å². The number of rotatable bonds is 3. The minimum Gasteiger partial charge on any atom is -0.381 e. The molecule has 178 valence electrons. The number of aromatic nitrogens is 4. The predicted octanol–water partition coefficient (Wildman–Crippen LogP) is 1.14. The van der Waals surface area contributed by atoms with E-state index < -0.39 is 0 Å². The summed E-state index contributed by atoms with van der Waals surface area (Å²) in [7, 11) is 0. The predicted molar refractivity (Wildman–Crippen MR) is 117 cm³/mol. The summed E-state index contributed by atoms with van der Waals surface area (Å²) in [6, 6.07) is 7.66. The van der Waals surface area contributed by atoms with Crippen LogP contribution in [0.3, 0.4) is 0 Å². The summed E-state index contributed by atoms with van der Waals surface area (Å²) in [6.07, 6.45) is 8.61. The first-order chi connectivity index (χ1) is 16.0. The fourth-order valence-electron chi connectivity index (χ4n) is 2.39. The van der Waals surface area contributed by atoms with Gasteiger partial charge in [-0.25, -0.2) is 20.7 Å². The van der Waals surface area contributed by atoms with Crippen LogP contribution in [0.5, 0.6) is 0 Å². The Kier molecular flexibility index (Phi) is 16.5. The van der Waals surface area contributed by atoms with Gasteiger partial charge in [-0.3, -0.25) is 4.40 Å². The van der Waals surface area contributed by atoms with Crippen molar-refractivity contribution in [1.82, 2.24) is 19.6 Å². The van der Waals surface area contributed by atoms with Crippen LogP contribution in [0.4, 0.5) is 5.82 Å². The van der Waals surface area contributed by atoms with E-state index in [2.05, 4.69) is 27.5 Å². The standard InChI is InChI=1S/C8H9N3O.C7H11N3.C4H8O.2CO2/c1-2-6-3-4-7-9-10-8(12)11(7)5-6;1-2-6-3-4-7(10-8)9-5-6;1-2-4-5-3-1;2*2-1-3/h3-5H,2H2,1H3,(H,10,12);3-5H,2,8H2,1H3,(H,9,10);1-4H2;;. The van der Waals surface area contributed by atoms with Crippen molar-refractivity contribution in [3.05, 3.63) is 58.3 Å². The van der Waals surface area contributed by atoms with Crippen LogP contribution in [-0.4, -0.2) is 45.1 Å². The zero-order valence-corrected chi connectivity index (χ0v) is 18.6. The molecule has 1 aliphatic rings. The van der Waals surface area contributed by atoms with Gasteiger partial charge in [0.15, 0.2) is 5.65 Å². The first-order valence-corrected chi connectivity index (χ1v) is 10.0. The number of nitrogens with two attached hydrogens (primary N) is 1. The molecule has 0 atom stereocenters. The average Bonchev–Trinajstić information content (AvgIpc) is 3.54. The number of fused-ring (bicyclic) bond motifs is 1. The van der Waals surface area contributed by atoms with E-state index in [-0.39, 0.29) is 18.0 Å². The molecule has 0 unspecified atom stereocenters. The molecule has 0 amide bonds. The number of aryl methyl sites for hydroxylation is 2. The van der Waals surface area contributed by atoms with Gasteiger partial charge < -0.3 is 10.2 Å². The molecule has 0 aromatic carbocycles. The van der Waals surface area contributed by atoms with E-state index >= 15 is 0 Å². The number of hydrogen-bond acceptors (Lipinski definition) is 10. The van der Waals surface area contributed by atoms with Crippen LogP contribution >= 0.6 is 0 Å². The molecule has 12 nitrogen and oxygen atoms in total. The number of nitrogens with zero attached hydrogens (tertiary/aromatic N) is 3. The van der Waals surface area contributed by atoms with E-state index in [1.54, 1.807) is 6.20 Å². The highest BCUT2D eigenvalue weighted by atomic mass is 16.5. The number of pyridine rings is 2. The third kappa shape index (κ3) is 12.5. The van der Waals surface area contributed by atoms with Gasteiger partial charge in [0, 0.05) is 25.6 Å². The van der Waals surface area contributed by atoms with E-state index in [4.69, 9.17) is 29.8 Å². The first kappa shape index (κ1) is 29.1. The zero-order valence-electron chi connectivity index (χ0n) is 18.6. The Morgan fingerprint density at radius 1 is 1.03 bits per heavy atom. The monoisotopic (exact) mass is 460 g/mol. The van der Waals surface area contributed by atoms with Crippen molar-refractivity contribution in [1.29, 1.82) is 0 Å². The smallest absolute Gasteiger partial charge is 0.373 e. The zero-order chi connectivity index (χ0) is 24.9. The van der Waals surface area contributed by atoms with E-state index in [1.165, 1.54) is 22.8 Å². The lowest BCUT2D eigenvalue weighted by Gasteiger charge is -1.98. The Hall–Kier alpha value is -3.95. The van der Waals surface area contributed by atoms with Crippen molar-refractivity contribution in [3.63, 3.8) is 0 Å². The molecule has 4 N–H and O–H groups in total.